The number of pyridine rings is 1. The van der Waals surface area contributed by atoms with Gasteiger partial charge in [-0.05, 0) is 37.1 Å². The van der Waals surface area contributed by atoms with Crippen molar-refractivity contribution in [2.75, 3.05) is 23.3 Å². The summed E-state index contributed by atoms with van der Waals surface area (Å²) in [7, 11) is 0. The number of piperidine rings is 1. The number of hydrogen-bond acceptors (Lipinski definition) is 6. The van der Waals surface area contributed by atoms with Crippen LogP contribution in [0.5, 0.6) is 0 Å². The highest BCUT2D eigenvalue weighted by atomic mass is 16.2. The van der Waals surface area contributed by atoms with E-state index in [1.807, 2.05) is 65.4 Å². The normalized spacial score (nSPS) is 16.0. The van der Waals surface area contributed by atoms with Crippen LogP contribution < -0.4 is 10.2 Å². The zero-order chi connectivity index (χ0) is 21.8. The van der Waals surface area contributed by atoms with E-state index in [1.54, 1.807) is 18.5 Å². The molecular formula is C24H23N7O. The number of imidazole rings is 1. The lowest BCUT2D eigenvalue weighted by atomic mass is 9.97. The van der Waals surface area contributed by atoms with Crippen LogP contribution in [0.2, 0.25) is 0 Å². The average Bonchev–Trinajstić information content (AvgIpc) is 3.35. The lowest BCUT2D eigenvalue weighted by molar-refractivity contribution is -0.120. The second-order valence-electron chi connectivity index (χ2n) is 7.73. The van der Waals surface area contributed by atoms with E-state index < -0.39 is 0 Å². The van der Waals surface area contributed by atoms with Gasteiger partial charge in [-0.25, -0.2) is 9.97 Å². The molecule has 0 bridgehead atoms. The number of hydrogen-bond donors (Lipinski definition) is 1. The molecule has 3 aromatic heterocycles. The van der Waals surface area contributed by atoms with Gasteiger partial charge in [-0.1, -0.05) is 36.4 Å². The number of nitrogens with zero attached hydrogens (tertiary/aromatic N) is 6. The van der Waals surface area contributed by atoms with Crippen molar-refractivity contribution in [3.63, 3.8) is 0 Å². The largest absolute Gasteiger partial charge is 0.354 e. The highest BCUT2D eigenvalue weighted by Gasteiger charge is 2.27. The minimum Gasteiger partial charge on any atom is -0.354 e. The molecule has 0 aliphatic carbocycles. The molecule has 8 heteroatoms. The molecule has 0 spiro atoms. The number of aromatic nitrogens is 5. The number of carbonyl (C=O) groups excluding carboxylic acids is 1. The van der Waals surface area contributed by atoms with Gasteiger partial charge in [0.15, 0.2) is 11.6 Å². The Morgan fingerprint density at radius 1 is 0.906 bits per heavy atom. The van der Waals surface area contributed by atoms with Crippen LogP contribution in [-0.4, -0.2) is 43.7 Å². The number of nitrogens with one attached hydrogen (secondary N) is 1. The first-order chi connectivity index (χ1) is 15.8. The molecule has 0 radical (unpaired) electrons. The third kappa shape index (κ3) is 4.20. The molecule has 4 aromatic rings. The summed E-state index contributed by atoms with van der Waals surface area (Å²) in [6.45, 7) is 1.45. The van der Waals surface area contributed by atoms with Crippen LogP contribution in [-0.2, 0) is 4.79 Å². The predicted molar refractivity (Wildman–Crippen MR) is 122 cm³/mol. The van der Waals surface area contributed by atoms with Gasteiger partial charge in [0, 0.05) is 37.2 Å². The molecule has 8 nitrogen and oxygen atoms in total. The Balaban J connectivity index is 1.29. The van der Waals surface area contributed by atoms with Crippen molar-refractivity contribution >= 4 is 17.5 Å². The number of anilines is 2. The summed E-state index contributed by atoms with van der Waals surface area (Å²) >= 11 is 0. The number of carbonyl (C=O) groups is 1. The van der Waals surface area contributed by atoms with Crippen molar-refractivity contribution < 1.29 is 4.79 Å². The van der Waals surface area contributed by atoms with Crippen molar-refractivity contribution in [2.24, 2.45) is 5.92 Å². The van der Waals surface area contributed by atoms with E-state index in [4.69, 9.17) is 0 Å². The van der Waals surface area contributed by atoms with E-state index in [0.717, 1.165) is 36.6 Å². The number of amides is 1. The Kier molecular flexibility index (Phi) is 5.57. The molecule has 5 rings (SSSR count). The lowest BCUT2D eigenvalue weighted by Crippen LogP contribution is -2.41. The van der Waals surface area contributed by atoms with Gasteiger partial charge in [-0.15, -0.1) is 10.2 Å². The Labute approximate surface area is 186 Å². The third-order valence-electron chi connectivity index (χ3n) is 5.59. The second-order valence-corrected chi connectivity index (χ2v) is 7.73. The summed E-state index contributed by atoms with van der Waals surface area (Å²) in [5.41, 5.74) is 1.01. The predicted octanol–water partition coefficient (Wildman–Crippen LogP) is 3.58. The first-order valence-electron chi connectivity index (χ1n) is 10.7. The first kappa shape index (κ1) is 19.9. The van der Waals surface area contributed by atoms with Crippen molar-refractivity contribution in [3.05, 3.63) is 79.3 Å². The van der Waals surface area contributed by atoms with Gasteiger partial charge >= 0.3 is 0 Å². The van der Waals surface area contributed by atoms with E-state index in [0.29, 0.717) is 18.2 Å². The van der Waals surface area contributed by atoms with Crippen LogP contribution in [0.3, 0.4) is 0 Å². The van der Waals surface area contributed by atoms with Crippen LogP contribution >= 0.6 is 0 Å². The van der Waals surface area contributed by atoms with Gasteiger partial charge in [0.05, 0.1) is 5.92 Å². The van der Waals surface area contributed by atoms with Gasteiger partial charge in [0.1, 0.15) is 11.6 Å². The van der Waals surface area contributed by atoms with E-state index in [-0.39, 0.29) is 11.8 Å². The molecule has 1 aliphatic heterocycles. The van der Waals surface area contributed by atoms with Crippen LogP contribution in [0.1, 0.15) is 12.8 Å². The van der Waals surface area contributed by atoms with E-state index in [1.165, 1.54) is 0 Å². The minimum absolute atomic E-state index is 0.0103. The maximum atomic E-state index is 12.7. The molecular weight excluding hydrogens is 402 g/mol. The van der Waals surface area contributed by atoms with Gasteiger partial charge in [0.2, 0.25) is 5.91 Å². The van der Waals surface area contributed by atoms with E-state index >= 15 is 0 Å². The molecule has 1 aromatic carbocycles. The molecule has 32 heavy (non-hydrogen) atoms. The van der Waals surface area contributed by atoms with Crippen LogP contribution in [0.15, 0.2) is 79.3 Å². The molecule has 1 fully saturated rings. The fraction of sp³-hybridized carbons (Fsp3) is 0.208. The Morgan fingerprint density at radius 2 is 1.72 bits per heavy atom. The van der Waals surface area contributed by atoms with Crippen molar-refractivity contribution in [1.82, 2.24) is 24.7 Å². The smallest absolute Gasteiger partial charge is 0.230 e. The van der Waals surface area contributed by atoms with Crippen LogP contribution in [0.25, 0.3) is 17.2 Å². The average molecular weight is 425 g/mol. The second kappa shape index (κ2) is 8.97. The summed E-state index contributed by atoms with van der Waals surface area (Å²) in [5, 5.41) is 11.8. The maximum Gasteiger partial charge on any atom is 0.230 e. The minimum atomic E-state index is -0.120. The monoisotopic (exact) mass is 425 g/mol. The van der Waals surface area contributed by atoms with Crippen molar-refractivity contribution in [2.45, 2.75) is 12.8 Å². The molecule has 1 aliphatic rings. The summed E-state index contributed by atoms with van der Waals surface area (Å²) in [6, 6.07) is 19.4. The van der Waals surface area contributed by atoms with Gasteiger partial charge in [-0.2, -0.15) is 0 Å². The molecule has 0 saturated carbocycles. The number of benzene rings is 1. The van der Waals surface area contributed by atoms with Gasteiger partial charge in [0.25, 0.3) is 0 Å². The zero-order valence-electron chi connectivity index (χ0n) is 17.5. The van der Waals surface area contributed by atoms with Crippen molar-refractivity contribution in [1.29, 1.82) is 0 Å². The molecule has 160 valence electrons. The lowest BCUT2D eigenvalue weighted by Gasteiger charge is -2.32. The first-order valence-corrected chi connectivity index (χ1v) is 10.7. The van der Waals surface area contributed by atoms with Crippen molar-refractivity contribution in [3.8, 4) is 17.2 Å². The summed E-state index contributed by atoms with van der Waals surface area (Å²) in [6.07, 6.45) is 7.07. The van der Waals surface area contributed by atoms with E-state index in [2.05, 4.69) is 30.4 Å². The topological polar surface area (TPSA) is 88.8 Å². The molecule has 1 N–H and O–H groups in total. The molecule has 1 amide bonds. The fourth-order valence-electron chi connectivity index (χ4n) is 3.97. The molecule has 1 atom stereocenters. The SMILES string of the molecule is O=C(Nc1ccccn1)C1CCCN(c2ccc(-n3ccnc3-c3ccccc3)nn2)C1. The van der Waals surface area contributed by atoms with Gasteiger partial charge < -0.3 is 10.2 Å². The van der Waals surface area contributed by atoms with Crippen LogP contribution in [0, 0.1) is 5.92 Å². The number of rotatable bonds is 5. The Hall–Kier alpha value is -4.07. The van der Waals surface area contributed by atoms with Gasteiger partial charge in [-0.3, -0.25) is 9.36 Å². The molecule has 4 heterocycles. The van der Waals surface area contributed by atoms with Crippen LogP contribution in [0.4, 0.5) is 11.6 Å². The summed E-state index contributed by atoms with van der Waals surface area (Å²) in [4.78, 5) is 23.5. The summed E-state index contributed by atoms with van der Waals surface area (Å²) < 4.78 is 1.92. The Morgan fingerprint density at radius 3 is 2.50 bits per heavy atom. The maximum absolute atomic E-state index is 12.7. The Bertz CT molecular complexity index is 1180. The highest BCUT2D eigenvalue weighted by molar-refractivity contribution is 5.92. The highest BCUT2D eigenvalue weighted by Crippen LogP contribution is 2.24. The molecule has 1 saturated heterocycles. The summed E-state index contributed by atoms with van der Waals surface area (Å²) in [5.74, 6) is 2.73. The van der Waals surface area contributed by atoms with E-state index in [9.17, 15) is 4.79 Å². The fourth-order valence-corrected chi connectivity index (χ4v) is 3.97. The standard InChI is InChI=1S/C24H23N7O/c32-24(27-20-10-4-5-13-25-20)19-9-6-15-30(17-19)21-11-12-22(29-28-21)31-16-14-26-23(31)18-7-2-1-3-8-18/h1-5,7-8,10-14,16,19H,6,9,15,17H2,(H,25,27,32). The zero-order valence-corrected chi connectivity index (χ0v) is 17.5. The molecule has 1 unspecified atom stereocenters. The third-order valence-corrected chi connectivity index (χ3v) is 5.59. The quantitative estimate of drug-likeness (QED) is 0.526.